The SMILES string of the molecule is CSc1sc(C(=N)N)cc1S(=O)(=O)c1cccc(-c2c(C)cccc2NC(=O)NCc2ccccc2)c1.O=CC(F)(F)F. The van der Waals surface area contributed by atoms with Gasteiger partial charge in [0.1, 0.15) is 5.84 Å². The quantitative estimate of drug-likeness (QED) is 0.0731. The number of benzene rings is 3. The second-order valence-corrected chi connectivity index (χ2v) is 12.9. The third-order valence-electron chi connectivity index (χ3n) is 5.79. The third-order valence-corrected chi connectivity index (χ3v) is 10.1. The summed E-state index contributed by atoms with van der Waals surface area (Å²) in [7, 11) is -3.88. The van der Waals surface area contributed by atoms with Gasteiger partial charge < -0.3 is 16.4 Å². The number of thioether (sulfide) groups is 1. The summed E-state index contributed by atoms with van der Waals surface area (Å²) >= 11 is 2.49. The molecule has 0 fully saturated rings. The summed E-state index contributed by atoms with van der Waals surface area (Å²) in [4.78, 5) is 22.0. The lowest BCUT2D eigenvalue weighted by Gasteiger charge is -2.16. The Bertz CT molecular complexity index is 1720. The van der Waals surface area contributed by atoms with Crippen molar-refractivity contribution in [2.24, 2.45) is 5.73 Å². The number of halogens is 3. The van der Waals surface area contributed by atoms with E-state index in [4.69, 9.17) is 15.9 Å². The van der Waals surface area contributed by atoms with Gasteiger partial charge in [-0.3, -0.25) is 10.2 Å². The molecule has 3 aromatic carbocycles. The molecule has 0 aliphatic rings. The molecule has 0 radical (unpaired) electrons. The van der Waals surface area contributed by atoms with E-state index in [-0.39, 0.29) is 21.7 Å². The largest absolute Gasteiger partial charge is 0.446 e. The minimum atomic E-state index is -4.64. The van der Waals surface area contributed by atoms with E-state index >= 15 is 0 Å². The molecule has 0 saturated heterocycles. The Hall–Kier alpha value is -4.14. The van der Waals surface area contributed by atoms with Crippen LogP contribution in [0.25, 0.3) is 11.1 Å². The van der Waals surface area contributed by atoms with Crippen molar-refractivity contribution in [2.75, 3.05) is 11.6 Å². The van der Waals surface area contributed by atoms with Crippen LogP contribution in [0.1, 0.15) is 16.0 Å². The summed E-state index contributed by atoms with van der Waals surface area (Å²) in [5.41, 5.74) is 9.43. The van der Waals surface area contributed by atoms with Crippen LogP contribution >= 0.6 is 23.1 Å². The highest BCUT2D eigenvalue weighted by atomic mass is 32.2. The number of amides is 2. The van der Waals surface area contributed by atoms with Gasteiger partial charge in [0.25, 0.3) is 0 Å². The smallest absolute Gasteiger partial charge is 0.383 e. The van der Waals surface area contributed by atoms with Crippen LogP contribution in [0.5, 0.6) is 0 Å². The Balaban J connectivity index is 0.000000765. The first-order chi connectivity index (χ1) is 20.3. The first kappa shape index (κ1) is 33.4. The van der Waals surface area contributed by atoms with Gasteiger partial charge >= 0.3 is 12.2 Å². The van der Waals surface area contributed by atoms with Gasteiger partial charge in [0.05, 0.1) is 24.6 Å². The molecule has 4 aromatic rings. The molecular formula is C29H27F3N4O4S3. The third kappa shape index (κ3) is 8.92. The van der Waals surface area contributed by atoms with Crippen LogP contribution in [0.15, 0.2) is 92.9 Å². The average molecular weight is 649 g/mol. The van der Waals surface area contributed by atoms with Crippen LogP contribution in [0.4, 0.5) is 23.7 Å². The van der Waals surface area contributed by atoms with Crippen LogP contribution in [-0.2, 0) is 21.2 Å². The van der Waals surface area contributed by atoms with Crippen molar-refractivity contribution >= 4 is 56.8 Å². The molecule has 0 bridgehead atoms. The monoisotopic (exact) mass is 648 g/mol. The number of anilines is 1. The number of aldehydes is 1. The van der Waals surface area contributed by atoms with Gasteiger partial charge in [-0.2, -0.15) is 13.2 Å². The number of nitrogens with two attached hydrogens (primary N) is 1. The molecule has 0 aliphatic carbocycles. The van der Waals surface area contributed by atoms with Gasteiger partial charge in [0.15, 0.2) is 0 Å². The number of nitrogens with one attached hydrogen (secondary N) is 3. The summed E-state index contributed by atoms with van der Waals surface area (Å²) in [5.74, 6) is -0.170. The molecule has 14 heteroatoms. The molecule has 2 amide bonds. The number of sulfone groups is 1. The maximum absolute atomic E-state index is 13.6. The number of amidine groups is 1. The highest BCUT2D eigenvalue weighted by molar-refractivity contribution is 8.01. The Morgan fingerprint density at radius 1 is 1.05 bits per heavy atom. The zero-order valence-electron chi connectivity index (χ0n) is 22.9. The number of nitrogen functional groups attached to an aromatic ring is 1. The molecule has 1 heterocycles. The molecule has 0 spiro atoms. The molecule has 8 nitrogen and oxygen atoms in total. The van der Waals surface area contributed by atoms with E-state index in [0.717, 1.165) is 16.7 Å². The second kappa shape index (κ2) is 14.4. The van der Waals surface area contributed by atoms with E-state index in [9.17, 15) is 26.4 Å². The van der Waals surface area contributed by atoms with Gasteiger partial charge in [-0.05, 0) is 54.1 Å². The van der Waals surface area contributed by atoms with E-state index in [2.05, 4.69) is 10.6 Å². The van der Waals surface area contributed by atoms with Crippen molar-refractivity contribution in [3.8, 4) is 11.1 Å². The van der Waals surface area contributed by atoms with Crippen molar-refractivity contribution < 1.29 is 31.2 Å². The molecule has 4 rings (SSSR count). The predicted molar refractivity (Wildman–Crippen MR) is 164 cm³/mol. The summed E-state index contributed by atoms with van der Waals surface area (Å²) in [6.45, 7) is 2.29. The Morgan fingerprint density at radius 3 is 2.30 bits per heavy atom. The van der Waals surface area contributed by atoms with Gasteiger partial charge in [-0.25, -0.2) is 13.2 Å². The fraction of sp³-hybridized carbons (Fsp3) is 0.138. The highest BCUT2D eigenvalue weighted by Crippen LogP contribution is 2.38. The lowest BCUT2D eigenvalue weighted by molar-refractivity contribution is -0.156. The molecule has 0 atom stereocenters. The Labute approximate surface area is 254 Å². The number of alkyl halides is 3. The van der Waals surface area contributed by atoms with E-state index in [1.165, 1.54) is 29.2 Å². The van der Waals surface area contributed by atoms with E-state index in [1.807, 2.05) is 55.5 Å². The standard InChI is InChI=1S/C27H26N4O3S3.C2HF3O/c1-17-8-6-13-21(31-27(32)30-16-18-9-4-3-5-10-18)24(17)19-11-7-12-20(14-19)37(33,34)23-15-22(25(28)29)36-26(23)35-2;3-2(4,5)1-6/h3-15H,16H2,1-2H3,(H3,28,29)(H2,30,31,32);1H. The maximum atomic E-state index is 13.6. The summed E-state index contributed by atoms with van der Waals surface area (Å²) in [5, 5.41) is 13.5. The van der Waals surface area contributed by atoms with E-state index in [1.54, 1.807) is 30.5 Å². The molecule has 1 aromatic heterocycles. The van der Waals surface area contributed by atoms with Crippen molar-refractivity contribution in [3.05, 3.63) is 94.9 Å². The van der Waals surface area contributed by atoms with Crippen LogP contribution in [0.3, 0.4) is 0 Å². The topological polar surface area (TPSA) is 142 Å². The molecule has 43 heavy (non-hydrogen) atoms. The number of urea groups is 1. The van der Waals surface area contributed by atoms with Crippen molar-refractivity contribution in [2.45, 2.75) is 33.6 Å². The summed E-state index contributed by atoms with van der Waals surface area (Å²) < 4.78 is 59.0. The van der Waals surface area contributed by atoms with Crippen LogP contribution in [0.2, 0.25) is 0 Å². The van der Waals surface area contributed by atoms with Crippen molar-refractivity contribution in [1.29, 1.82) is 5.41 Å². The van der Waals surface area contributed by atoms with Crippen LogP contribution in [0, 0.1) is 12.3 Å². The number of carbonyl (C=O) groups excluding carboxylic acids is 2. The lowest BCUT2D eigenvalue weighted by atomic mass is 9.98. The van der Waals surface area contributed by atoms with E-state index < -0.39 is 22.3 Å². The number of rotatable bonds is 8. The van der Waals surface area contributed by atoms with Gasteiger partial charge in [0, 0.05) is 12.1 Å². The number of hydrogen-bond donors (Lipinski definition) is 4. The average Bonchev–Trinajstić information content (AvgIpc) is 3.43. The highest BCUT2D eigenvalue weighted by Gasteiger charge is 2.26. The fourth-order valence-electron chi connectivity index (χ4n) is 3.87. The minimum Gasteiger partial charge on any atom is -0.383 e. The molecule has 226 valence electrons. The molecular weight excluding hydrogens is 622 g/mol. The molecule has 5 N–H and O–H groups in total. The van der Waals surface area contributed by atoms with Crippen molar-refractivity contribution in [1.82, 2.24) is 5.32 Å². The maximum Gasteiger partial charge on any atom is 0.446 e. The predicted octanol–water partition coefficient (Wildman–Crippen LogP) is 6.63. The van der Waals surface area contributed by atoms with Gasteiger partial charge in [-0.15, -0.1) is 23.1 Å². The number of thiophene rings is 1. The summed E-state index contributed by atoms with van der Waals surface area (Å²) in [6, 6.07) is 22.9. The summed E-state index contributed by atoms with van der Waals surface area (Å²) in [6.07, 6.45) is -3.91. The zero-order valence-corrected chi connectivity index (χ0v) is 25.3. The Morgan fingerprint density at radius 2 is 1.70 bits per heavy atom. The van der Waals surface area contributed by atoms with Crippen LogP contribution < -0.4 is 16.4 Å². The zero-order chi connectivity index (χ0) is 31.8. The molecule has 0 saturated carbocycles. The molecule has 0 aliphatic heterocycles. The van der Waals surface area contributed by atoms with E-state index in [0.29, 0.717) is 26.9 Å². The van der Waals surface area contributed by atoms with Gasteiger partial charge in [0.2, 0.25) is 16.1 Å². The number of aryl methyl sites for hydroxylation is 1. The fourth-order valence-corrected chi connectivity index (χ4v) is 7.77. The van der Waals surface area contributed by atoms with Gasteiger partial charge in [-0.1, -0.05) is 54.6 Å². The minimum absolute atomic E-state index is 0.121. The van der Waals surface area contributed by atoms with Crippen molar-refractivity contribution in [3.63, 3.8) is 0 Å². The first-order valence-corrected chi connectivity index (χ1v) is 15.9. The molecule has 0 unspecified atom stereocenters. The normalized spacial score (nSPS) is 11.2. The number of hydrogen-bond acceptors (Lipinski definition) is 7. The second-order valence-electron chi connectivity index (χ2n) is 8.86. The van der Waals surface area contributed by atoms with Crippen LogP contribution in [-0.4, -0.2) is 39.0 Å². The number of carbonyl (C=O) groups is 2. The first-order valence-electron chi connectivity index (χ1n) is 12.4. The lowest BCUT2D eigenvalue weighted by Crippen LogP contribution is -2.28. The Kier molecular flexibility index (Phi) is 11.1.